The second-order valence-electron chi connectivity index (χ2n) is 4.36. The zero-order chi connectivity index (χ0) is 15.7. The molecule has 0 heterocycles. The van der Waals surface area contributed by atoms with Crippen molar-refractivity contribution >= 4 is 11.9 Å². The summed E-state index contributed by atoms with van der Waals surface area (Å²) in [6, 6.07) is 7.31. The van der Waals surface area contributed by atoms with Crippen molar-refractivity contribution < 1.29 is 19.1 Å². The average Bonchev–Trinajstić information content (AvgIpc) is 2.47. The Balaban J connectivity index is 2.76. The molecule has 0 bridgehead atoms. The number of hydrogen-bond donors (Lipinski definition) is 0. The van der Waals surface area contributed by atoms with Crippen LogP contribution in [0.15, 0.2) is 36.9 Å². The number of benzene rings is 1. The highest BCUT2D eigenvalue weighted by molar-refractivity contribution is 5.84. The van der Waals surface area contributed by atoms with Gasteiger partial charge in [-0.05, 0) is 13.0 Å². The Hall–Kier alpha value is -2.30. The minimum Gasteiger partial charge on any atom is -0.496 e. The smallest absolute Gasteiger partial charge is 0.325 e. The third-order valence-corrected chi connectivity index (χ3v) is 2.86. The number of rotatable bonds is 8. The first-order valence-corrected chi connectivity index (χ1v) is 6.78. The van der Waals surface area contributed by atoms with E-state index in [0.29, 0.717) is 18.9 Å². The third kappa shape index (κ3) is 5.30. The molecule has 0 saturated carbocycles. The molecule has 1 aromatic carbocycles. The molecule has 114 valence electrons. The van der Waals surface area contributed by atoms with E-state index in [-0.39, 0.29) is 18.9 Å². The minimum absolute atomic E-state index is 0.0756. The maximum atomic E-state index is 12.3. The Morgan fingerprint density at radius 1 is 1.33 bits per heavy atom. The Labute approximate surface area is 125 Å². The second-order valence-corrected chi connectivity index (χ2v) is 4.36. The van der Waals surface area contributed by atoms with E-state index >= 15 is 0 Å². The van der Waals surface area contributed by atoms with E-state index in [1.807, 2.05) is 18.2 Å². The van der Waals surface area contributed by atoms with Crippen LogP contribution in [0.2, 0.25) is 0 Å². The number of esters is 1. The van der Waals surface area contributed by atoms with Crippen molar-refractivity contribution in [3.63, 3.8) is 0 Å². The molecule has 0 spiro atoms. The van der Waals surface area contributed by atoms with Crippen molar-refractivity contribution in [1.29, 1.82) is 0 Å². The molecule has 1 aromatic rings. The third-order valence-electron chi connectivity index (χ3n) is 2.86. The fraction of sp³-hybridized carbons (Fsp3) is 0.375. The van der Waals surface area contributed by atoms with Crippen LogP contribution >= 0.6 is 0 Å². The maximum Gasteiger partial charge on any atom is 0.325 e. The Morgan fingerprint density at radius 2 is 2.05 bits per heavy atom. The largest absolute Gasteiger partial charge is 0.496 e. The van der Waals surface area contributed by atoms with Crippen LogP contribution in [-0.2, 0) is 20.7 Å². The lowest BCUT2D eigenvalue weighted by Crippen LogP contribution is -2.37. The van der Waals surface area contributed by atoms with E-state index in [9.17, 15) is 9.59 Å². The van der Waals surface area contributed by atoms with Gasteiger partial charge in [0.1, 0.15) is 12.3 Å². The van der Waals surface area contributed by atoms with Crippen molar-refractivity contribution in [2.75, 3.05) is 26.8 Å². The summed E-state index contributed by atoms with van der Waals surface area (Å²) >= 11 is 0. The molecule has 0 saturated heterocycles. The minimum atomic E-state index is -0.423. The van der Waals surface area contributed by atoms with Crippen LogP contribution in [0.25, 0.3) is 0 Å². The van der Waals surface area contributed by atoms with Gasteiger partial charge in [-0.1, -0.05) is 24.3 Å². The first kappa shape index (κ1) is 16.8. The maximum absolute atomic E-state index is 12.3. The number of nitrogens with zero attached hydrogens (tertiary/aromatic N) is 1. The van der Waals surface area contributed by atoms with Gasteiger partial charge in [0.2, 0.25) is 5.91 Å². The lowest BCUT2D eigenvalue weighted by atomic mass is 10.1. The van der Waals surface area contributed by atoms with Gasteiger partial charge in [-0.25, -0.2) is 0 Å². The average molecular weight is 291 g/mol. The normalized spacial score (nSPS) is 9.81. The fourth-order valence-electron chi connectivity index (χ4n) is 1.90. The van der Waals surface area contributed by atoms with Crippen molar-refractivity contribution in [2.45, 2.75) is 13.3 Å². The summed E-state index contributed by atoms with van der Waals surface area (Å²) in [6.45, 7) is 5.85. The molecule has 0 aliphatic carbocycles. The van der Waals surface area contributed by atoms with Crippen molar-refractivity contribution in [3.8, 4) is 5.75 Å². The van der Waals surface area contributed by atoms with Crippen molar-refractivity contribution in [2.24, 2.45) is 0 Å². The van der Waals surface area contributed by atoms with E-state index in [2.05, 4.69) is 6.58 Å². The summed E-state index contributed by atoms with van der Waals surface area (Å²) in [6.07, 6.45) is 1.75. The first-order chi connectivity index (χ1) is 10.1. The number of carbonyl (C=O) groups is 2. The zero-order valence-corrected chi connectivity index (χ0v) is 12.5. The summed E-state index contributed by atoms with van der Waals surface area (Å²) in [5.41, 5.74) is 0.780. The van der Waals surface area contributed by atoms with E-state index < -0.39 is 5.97 Å². The molecule has 0 N–H and O–H groups in total. The standard InChI is InChI=1S/C16H21NO4/c1-4-10-17(12-16(19)21-5-2)15(18)11-13-8-6-7-9-14(13)20-3/h4,6-9H,1,5,10-12H2,2-3H3. The molecule has 21 heavy (non-hydrogen) atoms. The second kappa shape index (κ2) is 8.79. The van der Waals surface area contributed by atoms with Gasteiger partial charge in [0.25, 0.3) is 0 Å². The van der Waals surface area contributed by atoms with Gasteiger partial charge in [-0.2, -0.15) is 0 Å². The summed E-state index contributed by atoms with van der Waals surface area (Å²) in [5, 5.41) is 0. The lowest BCUT2D eigenvalue weighted by Gasteiger charge is -2.20. The SMILES string of the molecule is C=CCN(CC(=O)OCC)C(=O)Cc1ccccc1OC. The molecule has 0 aliphatic heterocycles. The van der Waals surface area contributed by atoms with Gasteiger partial charge >= 0.3 is 5.97 Å². The lowest BCUT2D eigenvalue weighted by molar-refractivity contribution is -0.148. The molecular formula is C16H21NO4. The molecule has 1 rings (SSSR count). The van der Waals surface area contributed by atoms with Crippen molar-refractivity contribution in [3.05, 3.63) is 42.5 Å². The molecule has 0 radical (unpaired) electrons. The highest BCUT2D eigenvalue weighted by Crippen LogP contribution is 2.18. The molecular weight excluding hydrogens is 270 g/mol. The van der Waals surface area contributed by atoms with E-state index in [0.717, 1.165) is 5.56 Å². The van der Waals surface area contributed by atoms with Gasteiger partial charge in [-0.15, -0.1) is 6.58 Å². The van der Waals surface area contributed by atoms with Crippen LogP contribution in [0.1, 0.15) is 12.5 Å². The summed E-state index contributed by atoms with van der Waals surface area (Å²) in [7, 11) is 1.56. The highest BCUT2D eigenvalue weighted by atomic mass is 16.5. The van der Waals surface area contributed by atoms with Crippen LogP contribution in [0.4, 0.5) is 0 Å². The Bertz CT molecular complexity index is 499. The van der Waals surface area contributed by atoms with Gasteiger partial charge in [-0.3, -0.25) is 9.59 Å². The Morgan fingerprint density at radius 3 is 2.67 bits per heavy atom. The number of methoxy groups -OCH3 is 1. The monoisotopic (exact) mass is 291 g/mol. The summed E-state index contributed by atoms with van der Waals surface area (Å²) < 4.78 is 10.1. The van der Waals surface area contributed by atoms with Crippen LogP contribution < -0.4 is 4.74 Å². The number of para-hydroxylation sites is 1. The molecule has 0 fully saturated rings. The molecule has 0 aromatic heterocycles. The number of carbonyl (C=O) groups excluding carboxylic acids is 2. The molecule has 5 nitrogen and oxygen atoms in total. The van der Waals surface area contributed by atoms with Gasteiger partial charge in [0.05, 0.1) is 20.1 Å². The van der Waals surface area contributed by atoms with Crippen LogP contribution in [0.5, 0.6) is 5.75 Å². The summed E-state index contributed by atoms with van der Waals surface area (Å²) in [5.74, 6) is 0.0562. The molecule has 0 atom stereocenters. The predicted molar refractivity (Wildman–Crippen MR) is 80.1 cm³/mol. The predicted octanol–water partition coefficient (Wildman–Crippen LogP) is 1.82. The molecule has 5 heteroatoms. The van der Waals surface area contributed by atoms with Crippen LogP contribution in [0, 0.1) is 0 Å². The summed E-state index contributed by atoms with van der Waals surface area (Å²) in [4.78, 5) is 25.3. The van der Waals surface area contributed by atoms with Crippen LogP contribution in [0.3, 0.4) is 0 Å². The first-order valence-electron chi connectivity index (χ1n) is 6.78. The highest BCUT2D eigenvalue weighted by Gasteiger charge is 2.18. The van der Waals surface area contributed by atoms with Gasteiger partial charge in [0, 0.05) is 12.1 Å². The topological polar surface area (TPSA) is 55.8 Å². The zero-order valence-electron chi connectivity index (χ0n) is 12.5. The van der Waals surface area contributed by atoms with Gasteiger partial charge in [0.15, 0.2) is 0 Å². The van der Waals surface area contributed by atoms with E-state index in [1.165, 1.54) is 4.90 Å². The van der Waals surface area contributed by atoms with E-state index in [1.54, 1.807) is 26.2 Å². The Kier molecular flexibility index (Phi) is 7.01. The quantitative estimate of drug-likeness (QED) is 0.541. The number of ether oxygens (including phenoxy) is 2. The molecule has 0 unspecified atom stereocenters. The van der Waals surface area contributed by atoms with Crippen LogP contribution in [-0.4, -0.2) is 43.6 Å². The van der Waals surface area contributed by atoms with Gasteiger partial charge < -0.3 is 14.4 Å². The molecule has 0 aliphatic rings. The van der Waals surface area contributed by atoms with E-state index in [4.69, 9.17) is 9.47 Å². The number of hydrogen-bond acceptors (Lipinski definition) is 4. The number of amides is 1. The fourth-order valence-corrected chi connectivity index (χ4v) is 1.90. The molecule has 1 amide bonds. The van der Waals surface area contributed by atoms with Crippen molar-refractivity contribution in [1.82, 2.24) is 4.90 Å².